The Kier molecular flexibility index (Phi) is 5.30. The van der Waals surface area contributed by atoms with Crippen molar-refractivity contribution in [3.63, 3.8) is 0 Å². The van der Waals surface area contributed by atoms with Gasteiger partial charge in [-0.15, -0.1) is 0 Å². The molecule has 2 aromatic carbocycles. The standard InChI is InChI=1S/C19H22F2N2O/c1-24-19-11-14(4-9-18(19)21)12-23-10-2-3-17(13-23)22-16-7-5-15(20)6-8-16/h4-9,11,17,22H,2-3,10,12-13H2,1H3/t17-/m0/s1. The number of hydrogen-bond acceptors (Lipinski definition) is 3. The first-order valence-corrected chi connectivity index (χ1v) is 8.21. The number of ether oxygens (including phenoxy) is 1. The van der Waals surface area contributed by atoms with Crippen LogP contribution in [-0.2, 0) is 6.54 Å². The quantitative estimate of drug-likeness (QED) is 0.894. The van der Waals surface area contributed by atoms with Crippen LogP contribution in [-0.4, -0.2) is 31.1 Å². The van der Waals surface area contributed by atoms with E-state index in [0.29, 0.717) is 6.04 Å². The lowest BCUT2D eigenvalue weighted by Gasteiger charge is -2.33. The molecular formula is C19H22F2N2O. The van der Waals surface area contributed by atoms with Gasteiger partial charge in [0, 0.05) is 24.8 Å². The first kappa shape index (κ1) is 16.7. The maximum atomic E-state index is 13.5. The number of likely N-dealkylation sites (tertiary alicyclic amines) is 1. The fourth-order valence-corrected chi connectivity index (χ4v) is 3.16. The molecule has 2 aromatic rings. The summed E-state index contributed by atoms with van der Waals surface area (Å²) in [6, 6.07) is 11.8. The summed E-state index contributed by atoms with van der Waals surface area (Å²) in [5, 5.41) is 3.46. The highest BCUT2D eigenvalue weighted by Gasteiger charge is 2.20. The van der Waals surface area contributed by atoms with Gasteiger partial charge < -0.3 is 10.1 Å². The van der Waals surface area contributed by atoms with Crippen molar-refractivity contribution in [3.8, 4) is 5.75 Å². The number of hydrogen-bond donors (Lipinski definition) is 1. The molecule has 128 valence electrons. The monoisotopic (exact) mass is 332 g/mol. The van der Waals surface area contributed by atoms with Gasteiger partial charge in [0.05, 0.1) is 7.11 Å². The first-order chi connectivity index (χ1) is 11.6. The molecule has 1 heterocycles. The number of anilines is 1. The third-order valence-electron chi connectivity index (χ3n) is 4.34. The van der Waals surface area contributed by atoms with Crippen molar-refractivity contribution in [2.45, 2.75) is 25.4 Å². The molecule has 1 aliphatic heterocycles. The molecule has 0 bridgehead atoms. The van der Waals surface area contributed by atoms with E-state index < -0.39 is 0 Å². The van der Waals surface area contributed by atoms with Crippen LogP contribution in [0.4, 0.5) is 14.5 Å². The molecule has 0 aliphatic carbocycles. The van der Waals surface area contributed by atoms with Gasteiger partial charge in [0.2, 0.25) is 0 Å². The molecule has 1 atom stereocenters. The largest absolute Gasteiger partial charge is 0.494 e. The van der Waals surface area contributed by atoms with Crippen molar-refractivity contribution >= 4 is 5.69 Å². The molecule has 0 amide bonds. The van der Waals surface area contributed by atoms with Crippen LogP contribution < -0.4 is 10.1 Å². The molecule has 0 radical (unpaired) electrons. The van der Waals surface area contributed by atoms with Gasteiger partial charge in [-0.1, -0.05) is 6.07 Å². The average molecular weight is 332 g/mol. The highest BCUT2D eigenvalue weighted by atomic mass is 19.1. The van der Waals surface area contributed by atoms with E-state index in [1.807, 2.05) is 0 Å². The van der Waals surface area contributed by atoms with Crippen LogP contribution in [0.25, 0.3) is 0 Å². The Labute approximate surface area is 141 Å². The van der Waals surface area contributed by atoms with Crippen LogP contribution in [0.2, 0.25) is 0 Å². The van der Waals surface area contributed by atoms with E-state index in [-0.39, 0.29) is 17.4 Å². The molecular weight excluding hydrogens is 310 g/mol. The van der Waals surface area contributed by atoms with E-state index in [1.165, 1.54) is 25.3 Å². The fraction of sp³-hybridized carbons (Fsp3) is 0.368. The smallest absolute Gasteiger partial charge is 0.165 e. The van der Waals surface area contributed by atoms with E-state index in [9.17, 15) is 8.78 Å². The van der Waals surface area contributed by atoms with Crippen molar-refractivity contribution in [2.24, 2.45) is 0 Å². The summed E-state index contributed by atoms with van der Waals surface area (Å²) in [5.41, 5.74) is 1.97. The van der Waals surface area contributed by atoms with Crippen molar-refractivity contribution < 1.29 is 13.5 Å². The highest BCUT2D eigenvalue weighted by molar-refractivity contribution is 5.44. The normalized spacial score (nSPS) is 18.4. The molecule has 1 fully saturated rings. The highest BCUT2D eigenvalue weighted by Crippen LogP contribution is 2.22. The molecule has 1 N–H and O–H groups in total. The lowest BCUT2D eigenvalue weighted by Crippen LogP contribution is -2.41. The van der Waals surface area contributed by atoms with Gasteiger partial charge in [-0.3, -0.25) is 4.90 Å². The number of benzene rings is 2. The summed E-state index contributed by atoms with van der Waals surface area (Å²) in [4.78, 5) is 2.34. The lowest BCUT2D eigenvalue weighted by molar-refractivity contribution is 0.208. The molecule has 24 heavy (non-hydrogen) atoms. The minimum absolute atomic E-state index is 0.226. The average Bonchev–Trinajstić information content (AvgIpc) is 2.59. The SMILES string of the molecule is COc1cc(CN2CCC[C@H](Nc3ccc(F)cc3)C2)ccc1F. The van der Waals surface area contributed by atoms with E-state index in [0.717, 1.165) is 43.7 Å². The Balaban J connectivity index is 1.60. The maximum Gasteiger partial charge on any atom is 0.165 e. The summed E-state index contributed by atoms with van der Waals surface area (Å²) in [7, 11) is 1.48. The van der Waals surface area contributed by atoms with Crippen molar-refractivity contribution in [3.05, 3.63) is 59.7 Å². The molecule has 0 spiro atoms. The summed E-state index contributed by atoms with van der Waals surface area (Å²) < 4.78 is 31.5. The predicted octanol–water partition coefficient (Wildman–Crippen LogP) is 4.05. The molecule has 0 aromatic heterocycles. The number of nitrogens with zero attached hydrogens (tertiary/aromatic N) is 1. The predicted molar refractivity (Wildman–Crippen MR) is 91.3 cm³/mol. The number of rotatable bonds is 5. The summed E-state index contributed by atoms with van der Waals surface area (Å²) in [6.45, 7) is 2.68. The molecule has 3 nitrogen and oxygen atoms in total. The van der Waals surface area contributed by atoms with E-state index in [2.05, 4.69) is 10.2 Å². The summed E-state index contributed by atoms with van der Waals surface area (Å²) in [6.07, 6.45) is 2.18. The van der Waals surface area contributed by atoms with Gasteiger partial charge in [-0.25, -0.2) is 8.78 Å². The molecule has 0 unspecified atom stereocenters. The van der Waals surface area contributed by atoms with Crippen LogP contribution in [0.15, 0.2) is 42.5 Å². The molecule has 0 saturated carbocycles. The van der Waals surface area contributed by atoms with Crippen LogP contribution in [0.3, 0.4) is 0 Å². The third-order valence-corrected chi connectivity index (χ3v) is 4.34. The first-order valence-electron chi connectivity index (χ1n) is 8.21. The van der Waals surface area contributed by atoms with E-state index >= 15 is 0 Å². The van der Waals surface area contributed by atoms with Gasteiger partial charge in [0.1, 0.15) is 5.82 Å². The maximum absolute atomic E-state index is 13.5. The second-order valence-corrected chi connectivity index (χ2v) is 6.19. The third kappa shape index (κ3) is 4.23. The lowest BCUT2D eigenvalue weighted by atomic mass is 10.0. The van der Waals surface area contributed by atoms with E-state index in [1.54, 1.807) is 24.3 Å². The summed E-state index contributed by atoms with van der Waals surface area (Å²) in [5.74, 6) is -0.280. The zero-order valence-corrected chi connectivity index (χ0v) is 13.8. The Hall–Kier alpha value is -2.14. The molecule has 5 heteroatoms. The Morgan fingerprint density at radius 2 is 1.96 bits per heavy atom. The minimum atomic E-state index is -0.337. The van der Waals surface area contributed by atoms with Gasteiger partial charge in [0.25, 0.3) is 0 Å². The topological polar surface area (TPSA) is 24.5 Å². The van der Waals surface area contributed by atoms with E-state index in [4.69, 9.17) is 4.74 Å². The van der Waals surface area contributed by atoms with Gasteiger partial charge in [0.15, 0.2) is 11.6 Å². The van der Waals surface area contributed by atoms with Crippen molar-refractivity contribution in [1.82, 2.24) is 4.90 Å². The number of methoxy groups -OCH3 is 1. The second-order valence-electron chi connectivity index (χ2n) is 6.19. The van der Waals surface area contributed by atoms with Crippen molar-refractivity contribution in [1.29, 1.82) is 0 Å². The van der Waals surface area contributed by atoms with Crippen LogP contribution in [0, 0.1) is 11.6 Å². The van der Waals surface area contributed by atoms with Crippen molar-refractivity contribution in [2.75, 3.05) is 25.5 Å². The summed E-state index contributed by atoms with van der Waals surface area (Å²) >= 11 is 0. The van der Waals surface area contributed by atoms with Gasteiger partial charge >= 0.3 is 0 Å². The van der Waals surface area contributed by atoms with Gasteiger partial charge in [-0.05, 0) is 61.3 Å². The van der Waals surface area contributed by atoms with Crippen LogP contribution in [0.5, 0.6) is 5.75 Å². The Bertz CT molecular complexity index is 676. The zero-order chi connectivity index (χ0) is 16.9. The molecule has 3 rings (SSSR count). The Morgan fingerprint density at radius 3 is 2.71 bits per heavy atom. The number of nitrogens with one attached hydrogen (secondary N) is 1. The number of halogens is 2. The van der Waals surface area contributed by atoms with Gasteiger partial charge in [-0.2, -0.15) is 0 Å². The number of piperidine rings is 1. The Morgan fingerprint density at radius 1 is 1.17 bits per heavy atom. The van der Waals surface area contributed by atoms with Crippen LogP contribution in [0.1, 0.15) is 18.4 Å². The second kappa shape index (κ2) is 7.62. The minimum Gasteiger partial charge on any atom is -0.494 e. The fourth-order valence-electron chi connectivity index (χ4n) is 3.16. The molecule has 1 aliphatic rings. The zero-order valence-electron chi connectivity index (χ0n) is 13.8. The van der Waals surface area contributed by atoms with Crippen LogP contribution >= 0.6 is 0 Å². The molecule has 1 saturated heterocycles.